The van der Waals surface area contributed by atoms with Crippen LogP contribution in [-0.4, -0.2) is 36.6 Å². The molecule has 1 aliphatic carbocycles. The normalized spacial score (nSPS) is 19.9. The third kappa shape index (κ3) is 2.88. The second-order valence-electron chi connectivity index (χ2n) is 4.74. The second kappa shape index (κ2) is 6.09. The molecule has 0 aromatic rings. The molecular weight excluding hydrogens is 202 g/mol. The summed E-state index contributed by atoms with van der Waals surface area (Å²) in [6, 6.07) is 0.00912. The zero-order valence-electron chi connectivity index (χ0n) is 10.6. The summed E-state index contributed by atoms with van der Waals surface area (Å²) in [6.07, 6.45) is 6.98. The fraction of sp³-hybridized carbons (Fsp3) is 0.917. The zero-order valence-corrected chi connectivity index (χ0v) is 10.6. The van der Waals surface area contributed by atoms with Gasteiger partial charge in [-0.15, -0.1) is 0 Å². The van der Waals surface area contributed by atoms with Crippen LogP contribution in [0.2, 0.25) is 0 Å². The minimum Gasteiger partial charge on any atom is -0.338 e. The largest absolute Gasteiger partial charge is 0.338 e. The van der Waals surface area contributed by atoms with Crippen molar-refractivity contribution in [1.82, 2.24) is 10.2 Å². The molecule has 4 heteroatoms. The van der Waals surface area contributed by atoms with Crippen LogP contribution in [0, 0.1) is 0 Å². The van der Waals surface area contributed by atoms with Crippen molar-refractivity contribution >= 4 is 6.03 Å². The van der Waals surface area contributed by atoms with E-state index in [-0.39, 0.29) is 11.6 Å². The summed E-state index contributed by atoms with van der Waals surface area (Å²) in [5.41, 5.74) is 5.81. The Balaban J connectivity index is 2.72. The van der Waals surface area contributed by atoms with Gasteiger partial charge in [0.25, 0.3) is 0 Å². The van der Waals surface area contributed by atoms with Crippen LogP contribution in [0.3, 0.4) is 0 Å². The SMILES string of the molecule is CCNC(=O)N(C)C1(CN)CCCCCC1. The predicted octanol–water partition coefficient (Wildman–Crippen LogP) is 1.70. The molecule has 0 aromatic heterocycles. The van der Waals surface area contributed by atoms with Gasteiger partial charge in [-0.05, 0) is 19.8 Å². The lowest BCUT2D eigenvalue weighted by molar-refractivity contribution is 0.124. The first-order valence-corrected chi connectivity index (χ1v) is 6.38. The van der Waals surface area contributed by atoms with Crippen molar-refractivity contribution in [1.29, 1.82) is 0 Å². The Labute approximate surface area is 98.6 Å². The summed E-state index contributed by atoms with van der Waals surface area (Å²) in [4.78, 5) is 13.7. The van der Waals surface area contributed by atoms with Gasteiger partial charge in [0.1, 0.15) is 0 Å². The van der Waals surface area contributed by atoms with Crippen molar-refractivity contribution in [3.63, 3.8) is 0 Å². The number of likely N-dealkylation sites (N-methyl/N-ethyl adjacent to an activating group) is 1. The molecule has 0 radical (unpaired) electrons. The number of nitrogens with zero attached hydrogens (tertiary/aromatic N) is 1. The molecular formula is C12H25N3O. The van der Waals surface area contributed by atoms with Gasteiger partial charge < -0.3 is 16.0 Å². The molecule has 0 aromatic carbocycles. The van der Waals surface area contributed by atoms with E-state index in [1.165, 1.54) is 25.7 Å². The highest BCUT2D eigenvalue weighted by Gasteiger charge is 2.36. The highest BCUT2D eigenvalue weighted by atomic mass is 16.2. The van der Waals surface area contributed by atoms with Crippen molar-refractivity contribution in [2.24, 2.45) is 5.73 Å². The van der Waals surface area contributed by atoms with Gasteiger partial charge >= 0.3 is 6.03 Å². The quantitative estimate of drug-likeness (QED) is 0.721. The number of rotatable bonds is 3. The first-order chi connectivity index (χ1) is 7.66. The van der Waals surface area contributed by atoms with Gasteiger partial charge in [-0.3, -0.25) is 0 Å². The van der Waals surface area contributed by atoms with Gasteiger partial charge in [0, 0.05) is 20.1 Å². The molecule has 16 heavy (non-hydrogen) atoms. The van der Waals surface area contributed by atoms with Gasteiger partial charge in [-0.25, -0.2) is 4.79 Å². The first-order valence-electron chi connectivity index (χ1n) is 6.38. The van der Waals surface area contributed by atoms with Crippen LogP contribution in [0.5, 0.6) is 0 Å². The van der Waals surface area contributed by atoms with Gasteiger partial charge in [-0.2, -0.15) is 0 Å². The van der Waals surface area contributed by atoms with Crippen LogP contribution < -0.4 is 11.1 Å². The summed E-state index contributed by atoms with van der Waals surface area (Å²) < 4.78 is 0. The van der Waals surface area contributed by atoms with E-state index in [0.717, 1.165) is 12.8 Å². The van der Waals surface area contributed by atoms with Crippen LogP contribution >= 0.6 is 0 Å². The number of nitrogens with two attached hydrogens (primary N) is 1. The molecule has 0 aliphatic heterocycles. The van der Waals surface area contributed by atoms with Crippen LogP contribution in [0.15, 0.2) is 0 Å². The fourth-order valence-electron chi connectivity index (χ4n) is 2.55. The third-order valence-corrected chi connectivity index (χ3v) is 3.76. The number of nitrogens with one attached hydrogen (secondary N) is 1. The molecule has 0 heterocycles. The number of hydrogen-bond acceptors (Lipinski definition) is 2. The van der Waals surface area contributed by atoms with E-state index in [1.54, 1.807) is 0 Å². The monoisotopic (exact) mass is 227 g/mol. The number of carbonyl (C=O) groups excluding carboxylic acids is 1. The molecule has 1 aliphatic rings. The summed E-state index contributed by atoms with van der Waals surface area (Å²) in [7, 11) is 1.88. The smallest absolute Gasteiger partial charge is 0.317 e. The summed E-state index contributed by atoms with van der Waals surface area (Å²) in [5.74, 6) is 0. The summed E-state index contributed by atoms with van der Waals surface area (Å²) in [5, 5.41) is 2.85. The standard InChI is InChI=1S/C12H25N3O/c1-3-14-11(16)15(2)12(10-13)8-6-4-5-7-9-12/h3-10,13H2,1-2H3,(H,14,16). The molecule has 0 unspecified atom stereocenters. The Bertz CT molecular complexity index is 222. The maximum absolute atomic E-state index is 11.9. The Morgan fingerprint density at radius 3 is 2.31 bits per heavy atom. The molecule has 94 valence electrons. The maximum Gasteiger partial charge on any atom is 0.317 e. The third-order valence-electron chi connectivity index (χ3n) is 3.76. The van der Waals surface area contributed by atoms with E-state index in [1.807, 2.05) is 18.9 Å². The number of amides is 2. The van der Waals surface area contributed by atoms with Crippen LogP contribution in [0.4, 0.5) is 4.79 Å². The first kappa shape index (κ1) is 13.3. The van der Waals surface area contributed by atoms with Crippen molar-refractivity contribution in [3.8, 4) is 0 Å². The highest BCUT2D eigenvalue weighted by molar-refractivity contribution is 5.74. The fourth-order valence-corrected chi connectivity index (χ4v) is 2.55. The highest BCUT2D eigenvalue weighted by Crippen LogP contribution is 2.30. The average molecular weight is 227 g/mol. The molecule has 0 atom stereocenters. The molecule has 4 nitrogen and oxygen atoms in total. The number of urea groups is 1. The van der Waals surface area contributed by atoms with E-state index in [9.17, 15) is 4.79 Å². The molecule has 1 saturated carbocycles. The van der Waals surface area contributed by atoms with Crippen molar-refractivity contribution < 1.29 is 4.79 Å². The summed E-state index contributed by atoms with van der Waals surface area (Å²) >= 11 is 0. The average Bonchev–Trinajstić information content (AvgIpc) is 2.54. The van der Waals surface area contributed by atoms with Gasteiger partial charge in [0.2, 0.25) is 0 Å². The van der Waals surface area contributed by atoms with E-state index in [2.05, 4.69) is 5.32 Å². The second-order valence-corrected chi connectivity index (χ2v) is 4.74. The molecule has 3 N–H and O–H groups in total. The van der Waals surface area contributed by atoms with Crippen molar-refractivity contribution in [2.45, 2.75) is 51.0 Å². The minimum atomic E-state index is -0.115. The Kier molecular flexibility index (Phi) is 5.06. The topological polar surface area (TPSA) is 58.4 Å². The number of carbonyl (C=O) groups is 1. The maximum atomic E-state index is 11.9. The lowest BCUT2D eigenvalue weighted by Crippen LogP contribution is -2.56. The van der Waals surface area contributed by atoms with Gasteiger partial charge in [0.15, 0.2) is 0 Å². The van der Waals surface area contributed by atoms with Crippen LogP contribution in [-0.2, 0) is 0 Å². The predicted molar refractivity (Wildman–Crippen MR) is 66.3 cm³/mol. The summed E-state index contributed by atoms with van der Waals surface area (Å²) in [6.45, 7) is 3.18. The van der Waals surface area contributed by atoms with Gasteiger partial charge in [0.05, 0.1) is 5.54 Å². The molecule has 0 bridgehead atoms. The molecule has 0 spiro atoms. The van der Waals surface area contributed by atoms with E-state index < -0.39 is 0 Å². The van der Waals surface area contributed by atoms with Crippen LogP contribution in [0.1, 0.15) is 45.4 Å². The Hall–Kier alpha value is -0.770. The number of hydrogen-bond donors (Lipinski definition) is 2. The van der Waals surface area contributed by atoms with Crippen LogP contribution in [0.25, 0.3) is 0 Å². The van der Waals surface area contributed by atoms with E-state index in [0.29, 0.717) is 13.1 Å². The van der Waals surface area contributed by atoms with Crippen molar-refractivity contribution in [3.05, 3.63) is 0 Å². The molecule has 1 rings (SSSR count). The Morgan fingerprint density at radius 2 is 1.88 bits per heavy atom. The molecule has 1 fully saturated rings. The minimum absolute atomic E-state index is 0.00912. The lowest BCUT2D eigenvalue weighted by atomic mass is 9.89. The zero-order chi connectivity index (χ0) is 12.0. The lowest BCUT2D eigenvalue weighted by Gasteiger charge is -2.40. The van der Waals surface area contributed by atoms with E-state index in [4.69, 9.17) is 5.73 Å². The molecule has 2 amide bonds. The molecule has 0 saturated heterocycles. The van der Waals surface area contributed by atoms with Crippen molar-refractivity contribution in [2.75, 3.05) is 20.1 Å². The Morgan fingerprint density at radius 1 is 1.31 bits per heavy atom. The van der Waals surface area contributed by atoms with E-state index >= 15 is 0 Å². The van der Waals surface area contributed by atoms with Gasteiger partial charge in [-0.1, -0.05) is 25.7 Å².